The summed E-state index contributed by atoms with van der Waals surface area (Å²) in [4.78, 5) is 16.5. The summed E-state index contributed by atoms with van der Waals surface area (Å²) in [7, 11) is -2.56. The fraction of sp³-hybridized carbons (Fsp3) is 0.158. The number of rotatable bonds is 5. The van der Waals surface area contributed by atoms with Gasteiger partial charge >= 0.3 is 10.2 Å². The standard InChI is InChI=1S/C19H19FN4O3S/c1-12-7-4-5-10-15(12)22-28(26,27)23-19(25)16-11-24(3)18(21-16)17-13(2)8-6-9-14(17)20/h4-11,22H,1-3H3,(H,23,25). The number of anilines is 1. The molecule has 0 spiro atoms. The lowest BCUT2D eigenvalue weighted by atomic mass is 10.1. The number of para-hydroxylation sites is 1. The Morgan fingerprint density at radius 1 is 1.07 bits per heavy atom. The van der Waals surface area contributed by atoms with Gasteiger partial charge in [0.2, 0.25) is 0 Å². The molecular formula is C19H19FN4O3S. The first-order chi connectivity index (χ1) is 13.2. The molecule has 0 atom stereocenters. The van der Waals surface area contributed by atoms with Crippen molar-refractivity contribution in [2.24, 2.45) is 7.05 Å². The largest absolute Gasteiger partial charge is 0.333 e. The molecule has 0 aliphatic rings. The van der Waals surface area contributed by atoms with Crippen LogP contribution in [0.1, 0.15) is 21.6 Å². The van der Waals surface area contributed by atoms with Crippen molar-refractivity contribution in [3.05, 3.63) is 71.3 Å². The highest BCUT2D eigenvalue weighted by Gasteiger charge is 2.22. The summed E-state index contributed by atoms with van der Waals surface area (Å²) in [5.74, 6) is -1.17. The Hall–Kier alpha value is -3.20. The number of nitrogens with zero attached hydrogens (tertiary/aromatic N) is 2. The van der Waals surface area contributed by atoms with Crippen LogP contribution in [0, 0.1) is 19.7 Å². The number of halogens is 1. The number of aryl methyl sites for hydroxylation is 3. The zero-order valence-electron chi connectivity index (χ0n) is 15.5. The van der Waals surface area contributed by atoms with Crippen molar-refractivity contribution in [1.29, 1.82) is 0 Å². The molecule has 3 rings (SSSR count). The Kier molecular flexibility index (Phi) is 5.19. The summed E-state index contributed by atoms with van der Waals surface area (Å²) in [5, 5.41) is 0. The van der Waals surface area contributed by atoms with E-state index in [0.717, 1.165) is 0 Å². The number of carbonyl (C=O) groups is 1. The molecule has 1 amide bonds. The Balaban J connectivity index is 1.85. The molecule has 9 heteroatoms. The van der Waals surface area contributed by atoms with E-state index in [4.69, 9.17) is 0 Å². The van der Waals surface area contributed by atoms with Crippen LogP contribution in [0.4, 0.5) is 10.1 Å². The zero-order chi connectivity index (χ0) is 20.5. The number of hydrogen-bond donors (Lipinski definition) is 2. The maximum Gasteiger partial charge on any atom is 0.324 e. The summed E-state index contributed by atoms with van der Waals surface area (Å²) >= 11 is 0. The molecule has 0 bridgehead atoms. The normalized spacial score (nSPS) is 11.3. The second-order valence-corrected chi connectivity index (χ2v) is 7.76. The number of aromatic nitrogens is 2. The first-order valence-electron chi connectivity index (χ1n) is 8.37. The molecule has 0 aliphatic heterocycles. The third-order valence-electron chi connectivity index (χ3n) is 4.17. The van der Waals surface area contributed by atoms with Crippen LogP contribution in [0.5, 0.6) is 0 Å². The molecule has 1 heterocycles. The summed E-state index contributed by atoms with van der Waals surface area (Å²) in [6.07, 6.45) is 1.35. The van der Waals surface area contributed by atoms with E-state index in [0.29, 0.717) is 16.8 Å². The van der Waals surface area contributed by atoms with Gasteiger partial charge in [0.05, 0.1) is 11.3 Å². The molecule has 3 aromatic rings. The van der Waals surface area contributed by atoms with Gasteiger partial charge in [-0.3, -0.25) is 9.52 Å². The molecule has 0 unspecified atom stereocenters. The van der Waals surface area contributed by atoms with Gasteiger partial charge in [-0.1, -0.05) is 30.3 Å². The van der Waals surface area contributed by atoms with Crippen LogP contribution in [0.25, 0.3) is 11.4 Å². The van der Waals surface area contributed by atoms with Gasteiger partial charge in [-0.25, -0.2) is 14.1 Å². The average molecular weight is 402 g/mol. The maximum atomic E-state index is 14.2. The van der Waals surface area contributed by atoms with Crippen molar-refractivity contribution < 1.29 is 17.6 Å². The highest BCUT2D eigenvalue weighted by molar-refractivity contribution is 7.91. The highest BCUT2D eigenvalue weighted by atomic mass is 32.2. The van der Waals surface area contributed by atoms with Gasteiger partial charge in [0, 0.05) is 13.2 Å². The molecule has 0 aliphatic carbocycles. The van der Waals surface area contributed by atoms with Crippen LogP contribution in [-0.2, 0) is 17.3 Å². The lowest BCUT2D eigenvalue weighted by molar-refractivity contribution is 0.0977. The van der Waals surface area contributed by atoms with Crippen LogP contribution in [0.15, 0.2) is 48.7 Å². The van der Waals surface area contributed by atoms with E-state index in [1.807, 2.05) is 4.72 Å². The second kappa shape index (κ2) is 7.43. The number of benzene rings is 2. The van der Waals surface area contributed by atoms with Crippen LogP contribution < -0.4 is 9.44 Å². The van der Waals surface area contributed by atoms with Gasteiger partial charge in [0.25, 0.3) is 5.91 Å². The zero-order valence-corrected chi connectivity index (χ0v) is 16.3. The third kappa shape index (κ3) is 4.04. The maximum absolute atomic E-state index is 14.2. The Bertz CT molecular complexity index is 1140. The monoisotopic (exact) mass is 402 g/mol. The van der Waals surface area contributed by atoms with Crippen LogP contribution in [-0.4, -0.2) is 23.9 Å². The molecular weight excluding hydrogens is 383 g/mol. The number of nitrogens with one attached hydrogen (secondary N) is 2. The van der Waals surface area contributed by atoms with Crippen molar-refractivity contribution in [2.45, 2.75) is 13.8 Å². The summed E-state index contributed by atoms with van der Waals surface area (Å²) in [6, 6.07) is 11.4. The van der Waals surface area contributed by atoms with Gasteiger partial charge in [-0.05, 0) is 37.1 Å². The number of imidazole rings is 1. The molecule has 146 valence electrons. The van der Waals surface area contributed by atoms with Crippen molar-refractivity contribution in [3.63, 3.8) is 0 Å². The molecule has 0 saturated heterocycles. The summed E-state index contributed by atoms with van der Waals surface area (Å²) in [5.41, 5.74) is 1.82. The van der Waals surface area contributed by atoms with Gasteiger partial charge in [0.15, 0.2) is 0 Å². The van der Waals surface area contributed by atoms with E-state index in [1.54, 1.807) is 57.3 Å². The number of hydrogen-bond acceptors (Lipinski definition) is 4. The first kappa shape index (κ1) is 19.6. The quantitative estimate of drug-likeness (QED) is 0.686. The minimum Gasteiger partial charge on any atom is -0.333 e. The fourth-order valence-electron chi connectivity index (χ4n) is 2.76. The predicted octanol–water partition coefficient (Wildman–Crippen LogP) is 2.93. The minimum absolute atomic E-state index is 0.143. The molecule has 28 heavy (non-hydrogen) atoms. The van der Waals surface area contributed by atoms with Crippen LogP contribution in [0.3, 0.4) is 0 Å². The van der Waals surface area contributed by atoms with Crippen molar-refractivity contribution >= 4 is 21.8 Å². The molecule has 2 N–H and O–H groups in total. The lowest BCUT2D eigenvalue weighted by Crippen LogP contribution is -2.35. The Labute approximate surface area is 162 Å². The van der Waals surface area contributed by atoms with E-state index in [9.17, 15) is 17.6 Å². The van der Waals surface area contributed by atoms with E-state index in [1.165, 1.54) is 16.8 Å². The smallest absolute Gasteiger partial charge is 0.324 e. The van der Waals surface area contributed by atoms with Gasteiger partial charge in [-0.2, -0.15) is 8.42 Å². The molecule has 0 radical (unpaired) electrons. The van der Waals surface area contributed by atoms with E-state index in [-0.39, 0.29) is 17.1 Å². The predicted molar refractivity (Wildman–Crippen MR) is 105 cm³/mol. The van der Waals surface area contributed by atoms with Gasteiger partial charge in [-0.15, -0.1) is 0 Å². The fourth-order valence-corrected chi connectivity index (χ4v) is 3.67. The van der Waals surface area contributed by atoms with E-state index < -0.39 is 21.9 Å². The van der Waals surface area contributed by atoms with Crippen molar-refractivity contribution in [3.8, 4) is 11.4 Å². The third-order valence-corrected chi connectivity index (χ3v) is 5.11. The summed E-state index contributed by atoms with van der Waals surface area (Å²) in [6.45, 7) is 3.46. The molecule has 0 saturated carbocycles. The molecule has 0 fully saturated rings. The van der Waals surface area contributed by atoms with Gasteiger partial charge in [0.1, 0.15) is 17.3 Å². The van der Waals surface area contributed by atoms with Crippen molar-refractivity contribution in [1.82, 2.24) is 14.3 Å². The topological polar surface area (TPSA) is 93.1 Å². The average Bonchev–Trinajstić information content (AvgIpc) is 2.98. The minimum atomic E-state index is -4.16. The lowest BCUT2D eigenvalue weighted by Gasteiger charge is -2.10. The molecule has 7 nitrogen and oxygen atoms in total. The van der Waals surface area contributed by atoms with Crippen LogP contribution in [0.2, 0.25) is 0 Å². The summed E-state index contributed by atoms with van der Waals surface area (Å²) < 4.78 is 44.5. The SMILES string of the molecule is Cc1ccccc1NS(=O)(=O)NC(=O)c1cn(C)c(-c2c(C)cccc2F)n1. The Morgan fingerprint density at radius 3 is 2.43 bits per heavy atom. The number of amides is 1. The van der Waals surface area contributed by atoms with E-state index >= 15 is 0 Å². The molecule has 1 aromatic heterocycles. The first-order valence-corrected chi connectivity index (χ1v) is 9.85. The Morgan fingerprint density at radius 2 is 1.75 bits per heavy atom. The second-order valence-electron chi connectivity index (χ2n) is 6.34. The number of carbonyl (C=O) groups excluding carboxylic acids is 1. The highest BCUT2D eigenvalue weighted by Crippen LogP contribution is 2.25. The van der Waals surface area contributed by atoms with Crippen molar-refractivity contribution in [2.75, 3.05) is 4.72 Å². The molecule has 2 aromatic carbocycles. The van der Waals surface area contributed by atoms with E-state index in [2.05, 4.69) is 9.71 Å². The van der Waals surface area contributed by atoms with Gasteiger partial charge < -0.3 is 4.57 Å². The van der Waals surface area contributed by atoms with Crippen LogP contribution >= 0.6 is 0 Å².